The topological polar surface area (TPSA) is 81.5 Å². The van der Waals surface area contributed by atoms with E-state index in [2.05, 4.69) is 9.97 Å². The molecule has 1 unspecified atom stereocenters. The predicted octanol–water partition coefficient (Wildman–Crippen LogP) is 1.81. The summed E-state index contributed by atoms with van der Waals surface area (Å²) >= 11 is 0. The van der Waals surface area contributed by atoms with E-state index in [4.69, 9.17) is 14.2 Å². The van der Waals surface area contributed by atoms with Crippen LogP contribution in [0.15, 0.2) is 18.6 Å². The highest BCUT2D eigenvalue weighted by Gasteiger charge is 2.36. The van der Waals surface area contributed by atoms with Gasteiger partial charge in [-0.1, -0.05) is 13.3 Å². The second-order valence-electron chi connectivity index (χ2n) is 4.35. The van der Waals surface area contributed by atoms with E-state index in [-0.39, 0.29) is 18.1 Å². The SMILES string of the molecule is CC[C@H]1C[C@@H](Oc2ccncn2)C[C@@H]1O[PH](=O)O. The molecule has 1 heterocycles. The molecule has 1 aliphatic rings. The standard InChI is InChI=1S/C11H17N2O4P/c1-2-8-5-9(6-10(8)17-18(14)15)16-11-3-4-12-7-13-11/h3-4,7-10,18H,2,5-6H2,1H3,(H,14,15)/t8-,9+,10-/m0/s1. The van der Waals surface area contributed by atoms with Gasteiger partial charge < -0.3 is 14.2 Å². The molecule has 0 saturated heterocycles. The molecule has 7 heteroatoms. The molecular formula is C11H17N2O4P. The molecule has 1 aromatic rings. The molecule has 1 fully saturated rings. The molecular weight excluding hydrogens is 255 g/mol. The third-order valence-electron chi connectivity index (χ3n) is 3.21. The van der Waals surface area contributed by atoms with E-state index in [9.17, 15) is 4.57 Å². The van der Waals surface area contributed by atoms with Crippen LogP contribution in [0.2, 0.25) is 0 Å². The second-order valence-corrected chi connectivity index (χ2v) is 5.12. The summed E-state index contributed by atoms with van der Waals surface area (Å²) in [5.41, 5.74) is 0. The lowest BCUT2D eigenvalue weighted by Crippen LogP contribution is -2.15. The summed E-state index contributed by atoms with van der Waals surface area (Å²) in [5, 5.41) is 0. The fraction of sp³-hybridized carbons (Fsp3) is 0.636. The zero-order chi connectivity index (χ0) is 13.0. The summed E-state index contributed by atoms with van der Waals surface area (Å²) in [6.07, 6.45) is 5.19. The lowest BCUT2D eigenvalue weighted by molar-refractivity contribution is 0.138. The smallest absolute Gasteiger partial charge is 0.316 e. The molecule has 1 aromatic heterocycles. The highest BCUT2D eigenvalue weighted by atomic mass is 31.1. The molecule has 0 amide bonds. The van der Waals surface area contributed by atoms with Crippen molar-refractivity contribution in [1.82, 2.24) is 9.97 Å². The minimum absolute atomic E-state index is 0.0174. The molecule has 1 aliphatic carbocycles. The second kappa shape index (κ2) is 6.27. The van der Waals surface area contributed by atoms with Crippen LogP contribution in [0.4, 0.5) is 0 Å². The van der Waals surface area contributed by atoms with Crippen LogP contribution in [0.5, 0.6) is 5.88 Å². The maximum atomic E-state index is 10.8. The van der Waals surface area contributed by atoms with Gasteiger partial charge in [-0.2, -0.15) is 0 Å². The Morgan fingerprint density at radius 2 is 2.39 bits per heavy atom. The lowest BCUT2D eigenvalue weighted by Gasteiger charge is -2.15. The van der Waals surface area contributed by atoms with Gasteiger partial charge in [-0.15, -0.1) is 0 Å². The molecule has 18 heavy (non-hydrogen) atoms. The molecule has 6 nitrogen and oxygen atoms in total. The molecule has 0 radical (unpaired) electrons. The van der Waals surface area contributed by atoms with Gasteiger partial charge in [0.25, 0.3) is 0 Å². The van der Waals surface area contributed by atoms with Gasteiger partial charge in [0.2, 0.25) is 5.88 Å². The van der Waals surface area contributed by atoms with E-state index in [1.165, 1.54) is 6.33 Å². The van der Waals surface area contributed by atoms with Crippen molar-refractivity contribution in [3.8, 4) is 5.88 Å². The van der Waals surface area contributed by atoms with Gasteiger partial charge in [-0.05, 0) is 12.3 Å². The summed E-state index contributed by atoms with van der Waals surface area (Å²) < 4.78 is 21.6. The van der Waals surface area contributed by atoms with Crippen molar-refractivity contribution < 1.29 is 18.7 Å². The Labute approximate surface area is 106 Å². The molecule has 0 bridgehead atoms. The molecule has 1 saturated carbocycles. The van der Waals surface area contributed by atoms with Crippen molar-refractivity contribution in [3.05, 3.63) is 18.6 Å². The first-order valence-corrected chi connectivity index (χ1v) is 7.27. The summed E-state index contributed by atoms with van der Waals surface area (Å²) in [7, 11) is -2.89. The maximum Gasteiger partial charge on any atom is 0.316 e. The maximum absolute atomic E-state index is 10.8. The molecule has 4 atom stereocenters. The van der Waals surface area contributed by atoms with Crippen molar-refractivity contribution >= 4 is 8.25 Å². The molecule has 0 spiro atoms. The fourth-order valence-electron chi connectivity index (χ4n) is 2.36. The predicted molar refractivity (Wildman–Crippen MR) is 65.6 cm³/mol. The van der Waals surface area contributed by atoms with Crippen LogP contribution in [0.1, 0.15) is 26.2 Å². The van der Waals surface area contributed by atoms with Crippen LogP contribution >= 0.6 is 8.25 Å². The van der Waals surface area contributed by atoms with Gasteiger partial charge in [0.05, 0.1) is 6.10 Å². The average molecular weight is 272 g/mol. The number of ether oxygens (including phenoxy) is 1. The number of hydrogen-bond donors (Lipinski definition) is 1. The molecule has 100 valence electrons. The minimum Gasteiger partial charge on any atom is -0.474 e. The zero-order valence-corrected chi connectivity index (χ0v) is 11.2. The number of aromatic nitrogens is 2. The van der Waals surface area contributed by atoms with Crippen molar-refractivity contribution in [2.45, 2.75) is 38.4 Å². The van der Waals surface area contributed by atoms with Crippen LogP contribution in [0.3, 0.4) is 0 Å². The fourth-order valence-corrected chi connectivity index (χ4v) is 2.90. The number of rotatable bonds is 5. The lowest BCUT2D eigenvalue weighted by atomic mass is 10.0. The molecule has 0 aliphatic heterocycles. The largest absolute Gasteiger partial charge is 0.474 e. The van der Waals surface area contributed by atoms with E-state index in [1.807, 2.05) is 6.92 Å². The Hall–Kier alpha value is -0.970. The van der Waals surface area contributed by atoms with E-state index in [1.54, 1.807) is 12.3 Å². The molecule has 0 aromatic carbocycles. The van der Waals surface area contributed by atoms with Crippen LogP contribution in [-0.4, -0.2) is 27.1 Å². The van der Waals surface area contributed by atoms with Crippen LogP contribution in [0, 0.1) is 5.92 Å². The van der Waals surface area contributed by atoms with Gasteiger partial charge in [0, 0.05) is 18.7 Å². The van der Waals surface area contributed by atoms with Gasteiger partial charge in [0.15, 0.2) is 0 Å². The van der Waals surface area contributed by atoms with Gasteiger partial charge in [-0.25, -0.2) is 9.97 Å². The summed E-state index contributed by atoms with van der Waals surface area (Å²) in [6.45, 7) is 2.04. The Morgan fingerprint density at radius 1 is 1.56 bits per heavy atom. The van der Waals surface area contributed by atoms with Gasteiger partial charge >= 0.3 is 8.25 Å². The summed E-state index contributed by atoms with van der Waals surface area (Å²) in [5.74, 6) is 0.792. The Morgan fingerprint density at radius 3 is 3.00 bits per heavy atom. The quantitative estimate of drug-likeness (QED) is 0.823. The van der Waals surface area contributed by atoms with Gasteiger partial charge in [-0.3, -0.25) is 4.57 Å². The van der Waals surface area contributed by atoms with Crippen LogP contribution < -0.4 is 4.74 Å². The van der Waals surface area contributed by atoms with Crippen molar-refractivity contribution in [2.75, 3.05) is 0 Å². The number of nitrogens with zero attached hydrogens (tertiary/aromatic N) is 2. The Balaban J connectivity index is 1.94. The third-order valence-corrected chi connectivity index (χ3v) is 3.71. The van der Waals surface area contributed by atoms with Crippen molar-refractivity contribution in [1.29, 1.82) is 0 Å². The minimum atomic E-state index is -2.89. The van der Waals surface area contributed by atoms with E-state index in [0.717, 1.165) is 12.8 Å². The van der Waals surface area contributed by atoms with E-state index in [0.29, 0.717) is 12.3 Å². The van der Waals surface area contributed by atoms with E-state index < -0.39 is 8.25 Å². The van der Waals surface area contributed by atoms with Crippen LogP contribution in [0.25, 0.3) is 0 Å². The molecule has 1 N–H and O–H groups in total. The number of hydrogen-bond acceptors (Lipinski definition) is 5. The highest BCUT2D eigenvalue weighted by molar-refractivity contribution is 7.32. The Kier molecular flexibility index (Phi) is 4.69. The molecule has 2 rings (SSSR count). The van der Waals surface area contributed by atoms with E-state index >= 15 is 0 Å². The summed E-state index contributed by atoms with van der Waals surface area (Å²) in [6, 6.07) is 1.70. The monoisotopic (exact) mass is 272 g/mol. The van der Waals surface area contributed by atoms with Crippen molar-refractivity contribution in [3.63, 3.8) is 0 Å². The first kappa shape index (κ1) is 13.5. The first-order valence-electron chi connectivity index (χ1n) is 6.01. The Bertz CT molecular complexity index is 403. The van der Waals surface area contributed by atoms with Crippen LogP contribution in [-0.2, 0) is 9.09 Å². The van der Waals surface area contributed by atoms with Crippen molar-refractivity contribution in [2.24, 2.45) is 5.92 Å². The normalized spacial score (nSPS) is 29.1. The average Bonchev–Trinajstić information content (AvgIpc) is 2.71. The summed E-state index contributed by atoms with van der Waals surface area (Å²) in [4.78, 5) is 16.7. The zero-order valence-electron chi connectivity index (χ0n) is 10.2. The van der Waals surface area contributed by atoms with Gasteiger partial charge in [0.1, 0.15) is 12.4 Å². The first-order chi connectivity index (χ1) is 8.69. The third kappa shape index (κ3) is 3.51. The highest BCUT2D eigenvalue weighted by Crippen LogP contribution is 2.37.